The van der Waals surface area contributed by atoms with Gasteiger partial charge in [0.25, 0.3) is 0 Å². The number of amides is 2. The largest absolute Gasteiger partial charge is 0.416 e. The van der Waals surface area contributed by atoms with E-state index in [1.54, 1.807) is 0 Å². The summed E-state index contributed by atoms with van der Waals surface area (Å²) in [5.74, 6) is -0.765. The molecule has 2 N–H and O–H groups in total. The third-order valence-electron chi connectivity index (χ3n) is 6.14. The Labute approximate surface area is 196 Å². The molecule has 3 aliphatic rings. The van der Waals surface area contributed by atoms with Crippen LogP contribution in [0.3, 0.4) is 0 Å². The predicted octanol–water partition coefficient (Wildman–Crippen LogP) is 5.36. The molecule has 184 valence electrons. The first-order valence-corrected chi connectivity index (χ1v) is 10.6. The van der Waals surface area contributed by atoms with Crippen molar-refractivity contribution in [3.63, 3.8) is 0 Å². The van der Waals surface area contributed by atoms with Gasteiger partial charge in [-0.2, -0.15) is 26.3 Å². The fraction of sp³-hybridized carbons (Fsp3) is 0.280. The molecule has 5 rings (SSSR count). The highest BCUT2D eigenvalue weighted by molar-refractivity contribution is 5.94. The van der Waals surface area contributed by atoms with E-state index in [4.69, 9.17) is 0 Å². The number of carbonyl (C=O) groups is 2. The van der Waals surface area contributed by atoms with Crippen LogP contribution < -0.4 is 10.6 Å². The highest BCUT2D eigenvalue weighted by Crippen LogP contribution is 2.60. The van der Waals surface area contributed by atoms with Gasteiger partial charge in [-0.25, -0.2) is 0 Å². The molecular formula is C25H20F6N2O2. The Bertz CT molecular complexity index is 1070. The summed E-state index contributed by atoms with van der Waals surface area (Å²) in [6.07, 6.45) is -1.88. The molecule has 35 heavy (non-hydrogen) atoms. The average molecular weight is 494 g/mol. The van der Waals surface area contributed by atoms with Crippen molar-refractivity contribution in [3.05, 3.63) is 82.9 Å². The molecule has 2 aromatic carbocycles. The van der Waals surface area contributed by atoms with Gasteiger partial charge in [-0.15, -0.1) is 0 Å². The van der Waals surface area contributed by atoms with E-state index >= 15 is 0 Å². The van der Waals surface area contributed by atoms with E-state index in [1.807, 2.05) is 0 Å². The fourth-order valence-electron chi connectivity index (χ4n) is 4.57. The number of benzene rings is 2. The third kappa shape index (κ3) is 5.58. The van der Waals surface area contributed by atoms with Gasteiger partial charge in [0.2, 0.25) is 11.8 Å². The molecule has 3 fully saturated rings. The lowest BCUT2D eigenvalue weighted by molar-refractivity contribution is -0.145. The Morgan fingerprint density at radius 3 is 1.23 bits per heavy atom. The highest BCUT2D eigenvalue weighted by atomic mass is 19.4. The number of carbonyl (C=O) groups excluding carboxylic acids is 2. The molecule has 2 aromatic rings. The summed E-state index contributed by atoms with van der Waals surface area (Å²) in [6.45, 7) is 0. The lowest BCUT2D eigenvalue weighted by atomic mass is 9.44. The number of hydrogen-bond acceptors (Lipinski definition) is 2. The molecule has 3 saturated carbocycles. The molecule has 2 amide bonds. The molecule has 0 spiro atoms. The van der Waals surface area contributed by atoms with Crippen LogP contribution in [0.4, 0.5) is 26.3 Å². The van der Waals surface area contributed by atoms with Gasteiger partial charge in [-0.1, -0.05) is 24.3 Å². The van der Waals surface area contributed by atoms with Crippen LogP contribution in [0.1, 0.15) is 41.5 Å². The second kappa shape index (κ2) is 8.58. The Balaban J connectivity index is 1.23. The van der Waals surface area contributed by atoms with Gasteiger partial charge < -0.3 is 10.6 Å². The van der Waals surface area contributed by atoms with E-state index in [0.717, 1.165) is 24.3 Å². The Kier molecular flexibility index (Phi) is 6.02. The Morgan fingerprint density at radius 2 is 0.943 bits per heavy atom. The third-order valence-corrected chi connectivity index (χ3v) is 6.14. The van der Waals surface area contributed by atoms with Gasteiger partial charge >= 0.3 is 12.4 Å². The standard InChI is InChI=1S/C25H20F6N2O2/c26-24(27,28)18-7-1-16(2-8-18)5-11-20(34)32-22-13-23(14-22,15-22)33-21(35)12-6-17-3-9-19(10-4-17)25(29,30)31/h1-12H,13-15H2,(H,32,34)(H,33,35). The van der Waals surface area contributed by atoms with Gasteiger partial charge in [0.05, 0.1) is 11.1 Å². The monoisotopic (exact) mass is 494 g/mol. The lowest BCUT2D eigenvalue weighted by Crippen LogP contribution is -2.83. The summed E-state index contributed by atoms with van der Waals surface area (Å²) in [7, 11) is 0. The van der Waals surface area contributed by atoms with Crippen LogP contribution in [-0.4, -0.2) is 22.9 Å². The van der Waals surface area contributed by atoms with Crippen molar-refractivity contribution < 1.29 is 35.9 Å². The van der Waals surface area contributed by atoms with Crippen molar-refractivity contribution in [1.82, 2.24) is 10.6 Å². The molecule has 0 unspecified atom stereocenters. The zero-order chi connectivity index (χ0) is 25.5. The summed E-state index contributed by atoms with van der Waals surface area (Å²) in [6, 6.07) is 8.86. The first kappa shape index (κ1) is 24.6. The lowest BCUT2D eigenvalue weighted by Gasteiger charge is -2.70. The van der Waals surface area contributed by atoms with E-state index in [0.29, 0.717) is 30.4 Å². The number of alkyl halides is 6. The van der Waals surface area contributed by atoms with Crippen LogP contribution in [0.25, 0.3) is 12.2 Å². The van der Waals surface area contributed by atoms with Gasteiger partial charge in [-0.05, 0) is 66.8 Å². The maximum atomic E-state index is 12.6. The summed E-state index contributed by atoms with van der Waals surface area (Å²) in [5.41, 5.74) is -1.48. The van der Waals surface area contributed by atoms with Crippen molar-refractivity contribution in [2.75, 3.05) is 0 Å². The molecule has 0 aliphatic heterocycles. The second-order valence-corrected chi connectivity index (χ2v) is 8.98. The summed E-state index contributed by atoms with van der Waals surface area (Å²) < 4.78 is 75.6. The smallest absolute Gasteiger partial charge is 0.347 e. The highest BCUT2D eigenvalue weighted by Gasteiger charge is 2.69. The number of halogens is 6. The summed E-state index contributed by atoms with van der Waals surface area (Å²) in [5, 5.41) is 5.74. The number of rotatable bonds is 6. The van der Waals surface area contributed by atoms with Gasteiger partial charge in [-0.3, -0.25) is 9.59 Å². The minimum absolute atomic E-state index is 0.383. The zero-order valence-electron chi connectivity index (χ0n) is 18.1. The summed E-state index contributed by atoms with van der Waals surface area (Å²) >= 11 is 0. The van der Waals surface area contributed by atoms with E-state index in [-0.39, 0.29) is 11.8 Å². The van der Waals surface area contributed by atoms with Crippen LogP contribution in [0.2, 0.25) is 0 Å². The van der Waals surface area contributed by atoms with E-state index in [9.17, 15) is 35.9 Å². The number of nitrogens with one attached hydrogen (secondary N) is 2. The van der Waals surface area contributed by atoms with Gasteiger partial charge in [0.15, 0.2) is 0 Å². The second-order valence-electron chi connectivity index (χ2n) is 8.98. The van der Waals surface area contributed by atoms with Crippen molar-refractivity contribution in [2.24, 2.45) is 0 Å². The molecule has 0 radical (unpaired) electrons. The normalized spacial score (nSPS) is 23.6. The van der Waals surface area contributed by atoms with Crippen molar-refractivity contribution in [2.45, 2.75) is 42.7 Å². The SMILES string of the molecule is O=C(C=Cc1ccc(C(F)(F)F)cc1)NC12CC(NC(=O)C=Cc3ccc(C(F)(F)F)cc3)(C1)C2. The topological polar surface area (TPSA) is 58.2 Å². The van der Waals surface area contributed by atoms with Gasteiger partial charge in [0.1, 0.15) is 0 Å². The predicted molar refractivity (Wildman–Crippen MR) is 117 cm³/mol. The minimum Gasteiger partial charge on any atom is -0.347 e. The van der Waals surface area contributed by atoms with E-state index in [2.05, 4.69) is 10.6 Å². The van der Waals surface area contributed by atoms with E-state index < -0.39 is 34.6 Å². The maximum absolute atomic E-state index is 12.6. The fourth-order valence-corrected chi connectivity index (χ4v) is 4.57. The summed E-state index contributed by atoms with van der Waals surface area (Å²) in [4.78, 5) is 24.4. The molecule has 10 heteroatoms. The molecule has 0 heterocycles. The van der Waals surface area contributed by atoms with Crippen LogP contribution in [0.15, 0.2) is 60.7 Å². The quantitative estimate of drug-likeness (QED) is 0.420. The molecule has 4 nitrogen and oxygen atoms in total. The van der Waals surface area contributed by atoms with Crippen LogP contribution in [0, 0.1) is 0 Å². The Morgan fingerprint density at radius 1 is 0.629 bits per heavy atom. The minimum atomic E-state index is -4.42. The van der Waals surface area contributed by atoms with Crippen molar-refractivity contribution in [3.8, 4) is 0 Å². The van der Waals surface area contributed by atoms with Gasteiger partial charge in [0, 0.05) is 23.2 Å². The molecule has 0 saturated heterocycles. The first-order chi connectivity index (χ1) is 16.3. The Hall–Kier alpha value is -3.56. The van der Waals surface area contributed by atoms with Crippen molar-refractivity contribution >= 4 is 24.0 Å². The van der Waals surface area contributed by atoms with Crippen LogP contribution >= 0.6 is 0 Å². The maximum Gasteiger partial charge on any atom is 0.416 e. The van der Waals surface area contributed by atoms with E-state index in [1.165, 1.54) is 48.6 Å². The molecule has 2 bridgehead atoms. The molecule has 0 atom stereocenters. The van der Waals surface area contributed by atoms with Crippen LogP contribution in [-0.2, 0) is 21.9 Å². The average Bonchev–Trinajstić information content (AvgIpc) is 2.73. The first-order valence-electron chi connectivity index (χ1n) is 10.6. The molecule has 0 aromatic heterocycles. The van der Waals surface area contributed by atoms with Crippen LogP contribution in [0.5, 0.6) is 0 Å². The molecule has 3 aliphatic carbocycles. The van der Waals surface area contributed by atoms with Crippen molar-refractivity contribution in [1.29, 1.82) is 0 Å². The molecular weight excluding hydrogens is 474 g/mol. The zero-order valence-corrected chi connectivity index (χ0v) is 18.1. The number of hydrogen-bond donors (Lipinski definition) is 2.